The van der Waals surface area contributed by atoms with Gasteiger partial charge in [-0.1, -0.05) is 18.2 Å². The summed E-state index contributed by atoms with van der Waals surface area (Å²) >= 11 is 1.50. The zero-order valence-corrected chi connectivity index (χ0v) is 20.4. The summed E-state index contributed by atoms with van der Waals surface area (Å²) in [5.41, 5.74) is 4.78. The van der Waals surface area contributed by atoms with Gasteiger partial charge in [-0.15, -0.1) is 11.3 Å². The highest BCUT2D eigenvalue weighted by Crippen LogP contribution is 2.31. The molecule has 0 radical (unpaired) electrons. The molecule has 7 nitrogen and oxygen atoms in total. The van der Waals surface area contributed by atoms with Gasteiger partial charge in [0.05, 0.1) is 12.1 Å². The average Bonchev–Trinajstić information content (AvgIpc) is 3.30. The molecule has 1 aliphatic heterocycles. The maximum absolute atomic E-state index is 12.2. The number of hydrogen-bond acceptors (Lipinski definition) is 6. The van der Waals surface area contributed by atoms with Gasteiger partial charge in [0.2, 0.25) is 0 Å². The molecule has 0 fully saturated rings. The summed E-state index contributed by atoms with van der Waals surface area (Å²) in [5.74, 6) is -0.271. The normalized spacial score (nSPS) is 13.6. The van der Waals surface area contributed by atoms with Crippen LogP contribution in [0.25, 0.3) is 0 Å². The van der Waals surface area contributed by atoms with Crippen molar-refractivity contribution < 1.29 is 14.7 Å². The summed E-state index contributed by atoms with van der Waals surface area (Å²) in [4.78, 5) is 34.8. The van der Waals surface area contributed by atoms with Crippen LogP contribution >= 0.6 is 11.3 Å². The van der Waals surface area contributed by atoms with Crippen LogP contribution in [0.1, 0.15) is 63.1 Å². The lowest BCUT2D eigenvalue weighted by Gasteiger charge is -2.17. The Balaban J connectivity index is 1.41. The van der Waals surface area contributed by atoms with E-state index >= 15 is 0 Å². The number of anilines is 1. The van der Waals surface area contributed by atoms with Crippen LogP contribution in [0, 0.1) is 0 Å². The summed E-state index contributed by atoms with van der Waals surface area (Å²) in [6.07, 6.45) is 4.82. The van der Waals surface area contributed by atoms with Crippen molar-refractivity contribution in [3.8, 4) is 0 Å². The SMILES string of the molecule is CN(C)C(=O)c1ccc([C@@H](CC(=O)O)c2nc(CCCc3ccc4c(n3)NCCC4)cs2)cc1. The van der Waals surface area contributed by atoms with Crippen molar-refractivity contribution in [2.24, 2.45) is 0 Å². The number of aryl methyl sites for hydroxylation is 3. The Hall–Kier alpha value is -3.26. The number of rotatable bonds is 9. The second-order valence-electron chi connectivity index (χ2n) is 8.84. The Morgan fingerprint density at radius 3 is 2.59 bits per heavy atom. The summed E-state index contributed by atoms with van der Waals surface area (Å²) in [6.45, 7) is 0.983. The van der Waals surface area contributed by atoms with Gasteiger partial charge < -0.3 is 15.3 Å². The molecular formula is C26H30N4O3S. The number of carboxylic acid groups (broad SMARTS) is 1. The van der Waals surface area contributed by atoms with Crippen LogP contribution in [0.5, 0.6) is 0 Å². The van der Waals surface area contributed by atoms with E-state index in [0.717, 1.165) is 66.4 Å². The van der Waals surface area contributed by atoms with Crippen LogP contribution in [0.2, 0.25) is 0 Å². The number of amides is 1. The third kappa shape index (κ3) is 5.80. The molecule has 0 bridgehead atoms. The number of pyridine rings is 1. The monoisotopic (exact) mass is 478 g/mol. The fourth-order valence-corrected chi connectivity index (χ4v) is 5.18. The van der Waals surface area contributed by atoms with Crippen molar-refractivity contribution in [3.05, 3.63) is 74.9 Å². The molecule has 3 heterocycles. The van der Waals surface area contributed by atoms with E-state index in [4.69, 9.17) is 9.97 Å². The molecule has 0 saturated heterocycles. The zero-order chi connectivity index (χ0) is 24.1. The Morgan fingerprint density at radius 1 is 1.09 bits per heavy atom. The number of aromatic nitrogens is 2. The quantitative estimate of drug-likeness (QED) is 0.474. The van der Waals surface area contributed by atoms with Gasteiger partial charge in [0.25, 0.3) is 5.91 Å². The molecule has 0 aliphatic carbocycles. The van der Waals surface area contributed by atoms with Gasteiger partial charge in [-0.3, -0.25) is 9.59 Å². The van der Waals surface area contributed by atoms with Gasteiger partial charge in [0.1, 0.15) is 10.8 Å². The van der Waals surface area contributed by atoms with E-state index in [9.17, 15) is 14.7 Å². The lowest BCUT2D eigenvalue weighted by molar-refractivity contribution is -0.137. The maximum Gasteiger partial charge on any atom is 0.304 e. The summed E-state index contributed by atoms with van der Waals surface area (Å²) in [7, 11) is 3.41. The van der Waals surface area contributed by atoms with E-state index < -0.39 is 5.97 Å². The van der Waals surface area contributed by atoms with Crippen LogP contribution in [0.4, 0.5) is 5.82 Å². The number of hydrogen-bond donors (Lipinski definition) is 2. The number of carbonyl (C=O) groups is 2. The van der Waals surface area contributed by atoms with Crippen molar-refractivity contribution in [1.82, 2.24) is 14.9 Å². The lowest BCUT2D eigenvalue weighted by atomic mass is 9.95. The molecule has 2 aromatic heterocycles. The van der Waals surface area contributed by atoms with Crippen LogP contribution in [-0.4, -0.2) is 52.5 Å². The number of carboxylic acids is 1. The molecule has 1 amide bonds. The topological polar surface area (TPSA) is 95.4 Å². The Bertz CT molecular complexity index is 1160. The fourth-order valence-electron chi connectivity index (χ4n) is 4.19. The number of benzene rings is 1. The first-order valence-corrected chi connectivity index (χ1v) is 12.5. The summed E-state index contributed by atoms with van der Waals surface area (Å²) in [5, 5.41) is 15.7. The largest absolute Gasteiger partial charge is 0.481 e. The first-order chi connectivity index (χ1) is 16.4. The minimum absolute atomic E-state index is 0.0417. The summed E-state index contributed by atoms with van der Waals surface area (Å²) in [6, 6.07) is 11.5. The molecular weight excluding hydrogens is 448 g/mol. The molecule has 0 saturated carbocycles. The van der Waals surface area contributed by atoms with E-state index in [0.29, 0.717) is 5.56 Å². The van der Waals surface area contributed by atoms with E-state index in [1.807, 2.05) is 17.5 Å². The number of nitrogens with zero attached hydrogens (tertiary/aromatic N) is 3. The van der Waals surface area contributed by atoms with Crippen molar-refractivity contribution in [2.75, 3.05) is 26.0 Å². The van der Waals surface area contributed by atoms with Gasteiger partial charge >= 0.3 is 5.97 Å². The van der Waals surface area contributed by atoms with Gasteiger partial charge in [0.15, 0.2) is 0 Å². The molecule has 0 spiro atoms. The van der Waals surface area contributed by atoms with Gasteiger partial charge in [-0.2, -0.15) is 0 Å². The number of thiazole rings is 1. The van der Waals surface area contributed by atoms with E-state index in [2.05, 4.69) is 17.4 Å². The van der Waals surface area contributed by atoms with Crippen molar-refractivity contribution in [2.45, 2.75) is 44.4 Å². The van der Waals surface area contributed by atoms with Crippen molar-refractivity contribution in [3.63, 3.8) is 0 Å². The number of aliphatic carboxylic acids is 1. The molecule has 4 rings (SSSR count). The van der Waals surface area contributed by atoms with Crippen molar-refractivity contribution >= 4 is 29.0 Å². The molecule has 0 unspecified atom stereocenters. The van der Waals surface area contributed by atoms with Crippen LogP contribution in [-0.2, 0) is 24.1 Å². The second kappa shape index (κ2) is 10.8. The molecule has 3 aromatic rings. The smallest absolute Gasteiger partial charge is 0.304 e. The molecule has 1 atom stereocenters. The van der Waals surface area contributed by atoms with Gasteiger partial charge in [0, 0.05) is 43.2 Å². The third-order valence-corrected chi connectivity index (χ3v) is 7.04. The minimum atomic E-state index is -0.873. The zero-order valence-electron chi connectivity index (χ0n) is 19.6. The molecule has 34 heavy (non-hydrogen) atoms. The first kappa shape index (κ1) is 23.9. The van der Waals surface area contributed by atoms with Crippen LogP contribution in [0.15, 0.2) is 41.8 Å². The predicted molar refractivity (Wildman–Crippen MR) is 134 cm³/mol. The van der Waals surface area contributed by atoms with E-state index in [-0.39, 0.29) is 18.2 Å². The Kier molecular flexibility index (Phi) is 7.57. The minimum Gasteiger partial charge on any atom is -0.481 e. The molecule has 2 N–H and O–H groups in total. The maximum atomic E-state index is 12.2. The highest BCUT2D eigenvalue weighted by atomic mass is 32.1. The molecule has 8 heteroatoms. The molecule has 1 aromatic carbocycles. The average molecular weight is 479 g/mol. The molecule has 1 aliphatic rings. The van der Waals surface area contributed by atoms with E-state index in [1.165, 1.54) is 21.8 Å². The third-order valence-electron chi connectivity index (χ3n) is 6.03. The predicted octanol–water partition coefficient (Wildman–Crippen LogP) is 4.38. The fraction of sp³-hybridized carbons (Fsp3) is 0.385. The standard InChI is InChI=1S/C26H30N4O3S/c1-30(2)26(33)19-10-8-17(9-11-19)22(15-23(31)32)25-29-21(16-34-25)7-3-6-20-13-12-18-5-4-14-27-24(18)28-20/h8-13,16,22H,3-7,14-15H2,1-2H3,(H,27,28)(H,31,32)/t22-/m1/s1. The van der Waals surface area contributed by atoms with Crippen LogP contribution < -0.4 is 5.32 Å². The van der Waals surface area contributed by atoms with Gasteiger partial charge in [-0.25, -0.2) is 9.97 Å². The van der Waals surface area contributed by atoms with Crippen molar-refractivity contribution in [1.29, 1.82) is 0 Å². The second-order valence-corrected chi connectivity index (χ2v) is 9.73. The number of nitrogens with one attached hydrogen (secondary N) is 1. The highest BCUT2D eigenvalue weighted by Gasteiger charge is 2.22. The summed E-state index contributed by atoms with van der Waals surface area (Å²) < 4.78 is 0. The number of carbonyl (C=O) groups excluding carboxylic acids is 1. The first-order valence-electron chi connectivity index (χ1n) is 11.6. The molecule has 178 valence electrons. The van der Waals surface area contributed by atoms with Gasteiger partial charge in [-0.05, 0) is 61.4 Å². The Morgan fingerprint density at radius 2 is 1.85 bits per heavy atom. The lowest BCUT2D eigenvalue weighted by Crippen LogP contribution is -2.21. The Labute approximate surface area is 203 Å². The highest BCUT2D eigenvalue weighted by molar-refractivity contribution is 7.09. The van der Waals surface area contributed by atoms with Crippen LogP contribution in [0.3, 0.4) is 0 Å². The number of fused-ring (bicyclic) bond motifs is 1. The van der Waals surface area contributed by atoms with E-state index in [1.54, 1.807) is 26.2 Å².